The van der Waals surface area contributed by atoms with Crippen molar-refractivity contribution >= 4 is 17.2 Å². The third-order valence-corrected chi connectivity index (χ3v) is 4.29. The van der Waals surface area contributed by atoms with Crippen LogP contribution in [0.2, 0.25) is 0 Å². The van der Waals surface area contributed by atoms with Crippen molar-refractivity contribution < 1.29 is 4.79 Å². The van der Waals surface area contributed by atoms with E-state index in [-0.39, 0.29) is 0 Å². The quantitative estimate of drug-likeness (QED) is 0.789. The third-order valence-electron chi connectivity index (χ3n) is 4.29. The van der Waals surface area contributed by atoms with Crippen molar-refractivity contribution in [3.05, 3.63) is 36.0 Å². The second-order valence-corrected chi connectivity index (χ2v) is 5.45. The van der Waals surface area contributed by atoms with Gasteiger partial charge >= 0.3 is 0 Å². The molecule has 0 saturated carbocycles. The van der Waals surface area contributed by atoms with Crippen LogP contribution in [0.1, 0.15) is 24.3 Å². The molecule has 3 nitrogen and oxygen atoms in total. The summed E-state index contributed by atoms with van der Waals surface area (Å²) in [5, 5.41) is 1.39. The van der Waals surface area contributed by atoms with Gasteiger partial charge in [-0.1, -0.05) is 18.2 Å². The summed E-state index contributed by atoms with van der Waals surface area (Å²) >= 11 is 0. The fraction of sp³-hybridized carbons (Fsp3) is 0.438. The van der Waals surface area contributed by atoms with Gasteiger partial charge in [0.05, 0.1) is 6.54 Å². The Morgan fingerprint density at radius 3 is 2.74 bits per heavy atom. The lowest BCUT2D eigenvalue weighted by Gasteiger charge is -2.30. The van der Waals surface area contributed by atoms with Crippen LogP contribution >= 0.6 is 0 Å². The molecule has 3 heteroatoms. The molecule has 0 atom stereocenters. The maximum absolute atomic E-state index is 10.6. The molecule has 0 radical (unpaired) electrons. The average molecular weight is 256 g/mol. The molecule has 1 aromatic heterocycles. The van der Waals surface area contributed by atoms with Crippen LogP contribution in [0.25, 0.3) is 10.9 Å². The van der Waals surface area contributed by atoms with Crippen LogP contribution in [0.5, 0.6) is 0 Å². The van der Waals surface area contributed by atoms with Crippen LogP contribution in [0.3, 0.4) is 0 Å². The fourth-order valence-electron chi connectivity index (χ4n) is 3.23. The Morgan fingerprint density at radius 2 is 2.00 bits per heavy atom. The maximum Gasteiger partial charge on any atom is 0.133 e. The third kappa shape index (κ3) is 2.30. The number of hydrogen-bond donors (Lipinski definition) is 0. The van der Waals surface area contributed by atoms with Gasteiger partial charge in [0.25, 0.3) is 0 Å². The Balaban J connectivity index is 1.84. The SMILES string of the molecule is Cn1cc(C2CCN(CC=O)CC2)c2ccccc21. The van der Waals surface area contributed by atoms with Gasteiger partial charge in [-0.05, 0) is 43.5 Å². The highest BCUT2D eigenvalue weighted by atomic mass is 16.1. The number of aromatic nitrogens is 1. The number of nitrogens with zero attached hydrogens (tertiary/aromatic N) is 2. The largest absolute Gasteiger partial charge is 0.350 e. The second-order valence-electron chi connectivity index (χ2n) is 5.45. The summed E-state index contributed by atoms with van der Waals surface area (Å²) in [6.45, 7) is 2.65. The zero-order valence-electron chi connectivity index (χ0n) is 11.4. The van der Waals surface area contributed by atoms with E-state index >= 15 is 0 Å². The number of aryl methyl sites for hydroxylation is 1. The first-order valence-electron chi connectivity index (χ1n) is 6.99. The molecule has 0 bridgehead atoms. The van der Waals surface area contributed by atoms with Crippen LogP contribution in [0.4, 0.5) is 0 Å². The van der Waals surface area contributed by atoms with Crippen molar-refractivity contribution in [3.63, 3.8) is 0 Å². The highest BCUT2D eigenvalue weighted by Crippen LogP contribution is 2.33. The molecule has 0 N–H and O–H groups in total. The van der Waals surface area contributed by atoms with E-state index in [1.54, 1.807) is 0 Å². The van der Waals surface area contributed by atoms with E-state index in [9.17, 15) is 4.79 Å². The highest BCUT2D eigenvalue weighted by Gasteiger charge is 2.22. The maximum atomic E-state index is 10.6. The molecule has 1 fully saturated rings. The normalized spacial score (nSPS) is 17.9. The molecule has 2 heterocycles. The molecule has 1 saturated heterocycles. The summed E-state index contributed by atoms with van der Waals surface area (Å²) in [6.07, 6.45) is 5.60. The fourth-order valence-corrected chi connectivity index (χ4v) is 3.23. The number of benzene rings is 1. The summed E-state index contributed by atoms with van der Waals surface area (Å²) in [4.78, 5) is 12.8. The molecule has 1 aliphatic rings. The topological polar surface area (TPSA) is 25.2 Å². The van der Waals surface area contributed by atoms with Gasteiger partial charge in [0.2, 0.25) is 0 Å². The molecule has 1 aromatic carbocycles. The molecule has 100 valence electrons. The molecule has 2 aromatic rings. The van der Waals surface area contributed by atoms with Crippen LogP contribution < -0.4 is 0 Å². The number of likely N-dealkylation sites (tertiary alicyclic amines) is 1. The molecule has 0 aliphatic carbocycles. The Labute approximate surface area is 113 Å². The van der Waals surface area contributed by atoms with E-state index in [1.807, 2.05) is 0 Å². The van der Waals surface area contributed by atoms with Gasteiger partial charge in [-0.25, -0.2) is 0 Å². The molecule has 19 heavy (non-hydrogen) atoms. The zero-order chi connectivity index (χ0) is 13.2. The minimum Gasteiger partial charge on any atom is -0.350 e. The summed E-state index contributed by atoms with van der Waals surface area (Å²) in [5.74, 6) is 0.633. The molecular formula is C16H20N2O. The first-order valence-corrected chi connectivity index (χ1v) is 6.99. The van der Waals surface area contributed by atoms with Gasteiger partial charge in [0.15, 0.2) is 0 Å². The highest BCUT2D eigenvalue weighted by molar-refractivity contribution is 5.84. The lowest BCUT2D eigenvalue weighted by molar-refractivity contribution is -0.109. The minimum atomic E-state index is 0.586. The first-order chi connectivity index (χ1) is 9.29. The van der Waals surface area contributed by atoms with Crippen molar-refractivity contribution in [2.24, 2.45) is 7.05 Å². The van der Waals surface area contributed by atoms with Crippen molar-refractivity contribution in [2.45, 2.75) is 18.8 Å². The number of hydrogen-bond acceptors (Lipinski definition) is 2. The van der Waals surface area contributed by atoms with Gasteiger partial charge in [-0.15, -0.1) is 0 Å². The number of carbonyl (C=O) groups excluding carboxylic acids is 1. The second kappa shape index (κ2) is 5.17. The van der Waals surface area contributed by atoms with E-state index in [0.29, 0.717) is 12.5 Å². The lowest BCUT2D eigenvalue weighted by atomic mass is 9.89. The van der Waals surface area contributed by atoms with E-state index in [4.69, 9.17) is 0 Å². The Morgan fingerprint density at radius 1 is 1.26 bits per heavy atom. The molecule has 0 spiro atoms. The van der Waals surface area contributed by atoms with Crippen LogP contribution in [-0.4, -0.2) is 35.4 Å². The molecule has 3 rings (SSSR count). The van der Waals surface area contributed by atoms with E-state index < -0.39 is 0 Å². The summed E-state index contributed by atoms with van der Waals surface area (Å²) in [7, 11) is 2.12. The number of para-hydroxylation sites is 1. The van der Waals surface area contributed by atoms with Crippen molar-refractivity contribution in [3.8, 4) is 0 Å². The number of aldehydes is 1. The van der Waals surface area contributed by atoms with Gasteiger partial charge < -0.3 is 9.36 Å². The zero-order valence-corrected chi connectivity index (χ0v) is 11.4. The Bertz CT molecular complexity index is 579. The molecule has 0 amide bonds. The lowest BCUT2D eigenvalue weighted by Crippen LogP contribution is -2.34. The van der Waals surface area contributed by atoms with Crippen molar-refractivity contribution in [2.75, 3.05) is 19.6 Å². The van der Waals surface area contributed by atoms with Gasteiger partial charge in [0, 0.05) is 24.1 Å². The van der Waals surface area contributed by atoms with Crippen molar-refractivity contribution in [1.82, 2.24) is 9.47 Å². The average Bonchev–Trinajstić information content (AvgIpc) is 2.78. The van der Waals surface area contributed by atoms with E-state index in [2.05, 4.69) is 47.0 Å². The number of fused-ring (bicyclic) bond motifs is 1. The van der Waals surface area contributed by atoms with E-state index in [1.165, 1.54) is 16.5 Å². The predicted octanol–water partition coefficient (Wildman–Crippen LogP) is 2.56. The molecular weight excluding hydrogens is 236 g/mol. The van der Waals surface area contributed by atoms with Gasteiger partial charge in [-0.3, -0.25) is 4.90 Å². The molecule has 1 aliphatic heterocycles. The van der Waals surface area contributed by atoms with Crippen LogP contribution in [-0.2, 0) is 11.8 Å². The van der Waals surface area contributed by atoms with E-state index in [0.717, 1.165) is 32.2 Å². The monoisotopic (exact) mass is 256 g/mol. The first kappa shape index (κ1) is 12.4. The summed E-state index contributed by atoms with van der Waals surface area (Å²) in [5.41, 5.74) is 2.79. The molecule has 0 unspecified atom stereocenters. The predicted molar refractivity (Wildman–Crippen MR) is 77.4 cm³/mol. The van der Waals surface area contributed by atoms with Gasteiger partial charge in [0.1, 0.15) is 6.29 Å². The van der Waals surface area contributed by atoms with Gasteiger partial charge in [-0.2, -0.15) is 0 Å². The Hall–Kier alpha value is -1.61. The number of rotatable bonds is 3. The summed E-state index contributed by atoms with van der Waals surface area (Å²) < 4.78 is 2.22. The standard InChI is InChI=1S/C16H20N2O/c1-17-12-15(14-4-2-3-5-16(14)17)13-6-8-18(9-7-13)10-11-19/h2-5,11-13H,6-10H2,1H3. The smallest absolute Gasteiger partial charge is 0.133 e. The number of carbonyl (C=O) groups is 1. The van der Waals surface area contributed by atoms with Crippen LogP contribution in [0, 0.1) is 0 Å². The summed E-state index contributed by atoms with van der Waals surface area (Å²) in [6, 6.07) is 8.62. The number of piperidine rings is 1. The Kier molecular flexibility index (Phi) is 3.38. The van der Waals surface area contributed by atoms with Crippen molar-refractivity contribution in [1.29, 1.82) is 0 Å². The van der Waals surface area contributed by atoms with Crippen LogP contribution in [0.15, 0.2) is 30.5 Å². The minimum absolute atomic E-state index is 0.586.